The first-order valence-electron chi connectivity index (χ1n) is 7.62. The van der Waals surface area contributed by atoms with Gasteiger partial charge in [-0.1, -0.05) is 28.1 Å². The first-order chi connectivity index (χ1) is 12.0. The highest BCUT2D eigenvalue weighted by Crippen LogP contribution is 2.29. The normalized spacial score (nSPS) is 13.4. The van der Waals surface area contributed by atoms with E-state index in [1.807, 2.05) is 0 Å². The minimum atomic E-state index is -3.92. The first kappa shape index (κ1) is 20.8. The van der Waals surface area contributed by atoms with Crippen LogP contribution in [0.1, 0.15) is 25.5 Å². The molecule has 1 atom stereocenters. The van der Waals surface area contributed by atoms with Crippen LogP contribution in [-0.4, -0.2) is 23.4 Å². The van der Waals surface area contributed by atoms with E-state index in [0.717, 1.165) is 0 Å². The molecule has 0 amide bonds. The predicted octanol–water partition coefficient (Wildman–Crippen LogP) is 2.53. The van der Waals surface area contributed by atoms with Gasteiger partial charge in [0.05, 0.1) is 11.5 Å². The molecule has 2 aromatic carbocycles. The molecule has 0 fully saturated rings. The molecule has 0 aliphatic carbocycles. The number of nitrogens with one attached hydrogen (secondary N) is 1. The van der Waals surface area contributed by atoms with E-state index in [1.165, 1.54) is 24.3 Å². The second kappa shape index (κ2) is 8.05. The summed E-state index contributed by atoms with van der Waals surface area (Å²) in [5.74, 6) is 0.230. The van der Waals surface area contributed by atoms with Gasteiger partial charge in [0.2, 0.25) is 20.0 Å². The molecular weight excluding hydrogens is 444 g/mol. The molecule has 0 saturated heterocycles. The molecule has 26 heavy (non-hydrogen) atoms. The van der Waals surface area contributed by atoms with Gasteiger partial charge in [0.15, 0.2) is 0 Å². The molecule has 2 aromatic rings. The summed E-state index contributed by atoms with van der Waals surface area (Å²) >= 11 is 3.25. The zero-order valence-corrected chi connectivity index (χ0v) is 17.4. The van der Waals surface area contributed by atoms with Gasteiger partial charge in [-0.2, -0.15) is 0 Å². The highest BCUT2D eigenvalue weighted by Gasteiger charge is 2.23. The van der Waals surface area contributed by atoms with Crippen molar-refractivity contribution >= 4 is 36.0 Å². The third-order valence-electron chi connectivity index (χ3n) is 3.51. The lowest BCUT2D eigenvalue weighted by atomic mass is 10.1. The largest absolute Gasteiger partial charge is 0.492 e. The lowest BCUT2D eigenvalue weighted by Gasteiger charge is -2.17. The Morgan fingerprint density at radius 3 is 2.46 bits per heavy atom. The van der Waals surface area contributed by atoms with E-state index in [-0.39, 0.29) is 15.5 Å². The third-order valence-corrected chi connectivity index (χ3v) is 6.48. The fourth-order valence-electron chi connectivity index (χ4n) is 2.29. The summed E-state index contributed by atoms with van der Waals surface area (Å²) in [5.41, 5.74) is 0.466. The van der Waals surface area contributed by atoms with Crippen molar-refractivity contribution in [2.75, 3.05) is 6.61 Å². The van der Waals surface area contributed by atoms with Crippen LogP contribution in [0.5, 0.6) is 5.75 Å². The Kier molecular flexibility index (Phi) is 6.46. The molecule has 10 heteroatoms. The molecule has 0 radical (unpaired) electrons. The van der Waals surface area contributed by atoms with Crippen molar-refractivity contribution in [3.63, 3.8) is 0 Å². The van der Waals surface area contributed by atoms with Crippen LogP contribution < -0.4 is 14.6 Å². The van der Waals surface area contributed by atoms with Crippen LogP contribution in [0.25, 0.3) is 0 Å². The zero-order chi connectivity index (χ0) is 19.5. The number of sulfonamides is 2. The van der Waals surface area contributed by atoms with E-state index < -0.39 is 26.1 Å². The van der Waals surface area contributed by atoms with Crippen LogP contribution in [0.2, 0.25) is 0 Å². The van der Waals surface area contributed by atoms with Gasteiger partial charge in [0, 0.05) is 10.5 Å². The van der Waals surface area contributed by atoms with E-state index in [0.29, 0.717) is 16.6 Å². The highest BCUT2D eigenvalue weighted by atomic mass is 79.9. The summed E-state index contributed by atoms with van der Waals surface area (Å²) in [6.45, 7) is 3.68. The quantitative estimate of drug-likeness (QED) is 0.655. The van der Waals surface area contributed by atoms with E-state index in [2.05, 4.69) is 20.7 Å². The van der Waals surface area contributed by atoms with Crippen LogP contribution in [0, 0.1) is 0 Å². The Morgan fingerprint density at radius 1 is 1.15 bits per heavy atom. The number of ether oxygens (including phenoxy) is 1. The van der Waals surface area contributed by atoms with Gasteiger partial charge in [-0.05, 0) is 49.7 Å². The SMILES string of the molecule is CCOc1ccc(Br)cc1S(=O)(=O)N[C@@H](C)c1cccc(S(N)(=O)=O)c1. The van der Waals surface area contributed by atoms with Crippen molar-refractivity contribution in [2.24, 2.45) is 5.14 Å². The Balaban J connectivity index is 2.37. The Bertz CT molecular complexity index is 1010. The van der Waals surface area contributed by atoms with Crippen molar-refractivity contribution in [3.05, 3.63) is 52.5 Å². The van der Waals surface area contributed by atoms with Gasteiger partial charge >= 0.3 is 0 Å². The minimum Gasteiger partial charge on any atom is -0.492 e. The lowest BCUT2D eigenvalue weighted by molar-refractivity contribution is 0.331. The maximum Gasteiger partial charge on any atom is 0.244 e. The molecule has 0 unspecified atom stereocenters. The monoisotopic (exact) mass is 462 g/mol. The first-order valence-corrected chi connectivity index (χ1v) is 11.4. The molecule has 142 valence electrons. The van der Waals surface area contributed by atoms with E-state index in [9.17, 15) is 16.8 Å². The minimum absolute atomic E-state index is 0.0109. The van der Waals surface area contributed by atoms with Crippen molar-refractivity contribution in [1.29, 1.82) is 0 Å². The maximum atomic E-state index is 12.8. The van der Waals surface area contributed by atoms with Gasteiger partial charge in [-0.3, -0.25) is 0 Å². The van der Waals surface area contributed by atoms with Crippen LogP contribution in [0.15, 0.2) is 56.7 Å². The summed E-state index contributed by atoms with van der Waals surface area (Å²) in [5, 5.41) is 5.13. The molecule has 0 saturated carbocycles. The Labute approximate surface area is 161 Å². The summed E-state index contributed by atoms with van der Waals surface area (Å²) in [7, 11) is -7.79. The maximum absolute atomic E-state index is 12.8. The highest BCUT2D eigenvalue weighted by molar-refractivity contribution is 9.10. The number of benzene rings is 2. The van der Waals surface area contributed by atoms with E-state index in [4.69, 9.17) is 9.88 Å². The second-order valence-electron chi connectivity index (χ2n) is 5.48. The molecule has 0 aliphatic rings. The van der Waals surface area contributed by atoms with E-state index in [1.54, 1.807) is 32.0 Å². The molecule has 3 N–H and O–H groups in total. The fourth-order valence-corrected chi connectivity index (χ4v) is 4.78. The van der Waals surface area contributed by atoms with Gasteiger partial charge in [0.25, 0.3) is 0 Å². The van der Waals surface area contributed by atoms with Crippen LogP contribution >= 0.6 is 15.9 Å². The van der Waals surface area contributed by atoms with Crippen molar-refractivity contribution in [1.82, 2.24) is 4.72 Å². The molecule has 0 spiro atoms. The van der Waals surface area contributed by atoms with Crippen molar-refractivity contribution in [3.8, 4) is 5.75 Å². The number of hydrogen-bond donors (Lipinski definition) is 2. The van der Waals surface area contributed by atoms with Crippen LogP contribution in [0.4, 0.5) is 0 Å². The van der Waals surface area contributed by atoms with Crippen molar-refractivity contribution in [2.45, 2.75) is 29.7 Å². The zero-order valence-electron chi connectivity index (χ0n) is 14.1. The van der Waals surface area contributed by atoms with E-state index >= 15 is 0 Å². The number of rotatable bonds is 7. The molecule has 0 aliphatic heterocycles. The summed E-state index contributed by atoms with van der Waals surface area (Å²) in [6, 6.07) is 9.82. The summed E-state index contributed by atoms with van der Waals surface area (Å²) in [4.78, 5) is -0.0957. The van der Waals surface area contributed by atoms with Gasteiger partial charge in [0.1, 0.15) is 10.6 Å². The average molecular weight is 463 g/mol. The number of hydrogen-bond acceptors (Lipinski definition) is 5. The molecule has 2 rings (SSSR count). The van der Waals surface area contributed by atoms with Crippen molar-refractivity contribution < 1.29 is 21.6 Å². The Morgan fingerprint density at radius 2 is 1.85 bits per heavy atom. The average Bonchev–Trinajstić information content (AvgIpc) is 2.55. The topological polar surface area (TPSA) is 116 Å². The van der Waals surface area contributed by atoms with Crippen LogP contribution in [0.3, 0.4) is 0 Å². The van der Waals surface area contributed by atoms with Gasteiger partial charge in [-0.15, -0.1) is 0 Å². The summed E-state index contributed by atoms with van der Waals surface area (Å²) < 4.78 is 57.1. The smallest absolute Gasteiger partial charge is 0.244 e. The molecule has 0 heterocycles. The number of halogens is 1. The number of primary sulfonamides is 1. The standard InChI is InChI=1S/C16H19BrN2O5S2/c1-3-24-15-8-7-13(17)10-16(15)26(22,23)19-11(2)12-5-4-6-14(9-12)25(18,20)21/h4-11,19H,3H2,1-2H3,(H2,18,20,21)/t11-/m0/s1. The van der Waals surface area contributed by atoms with Crippen LogP contribution in [-0.2, 0) is 20.0 Å². The molecule has 0 bridgehead atoms. The predicted molar refractivity (Wildman–Crippen MR) is 102 cm³/mol. The molecule has 7 nitrogen and oxygen atoms in total. The Hall–Kier alpha value is -1.46. The lowest BCUT2D eigenvalue weighted by Crippen LogP contribution is -2.27. The fraction of sp³-hybridized carbons (Fsp3) is 0.250. The third kappa shape index (κ3) is 5.04. The molecular formula is C16H19BrN2O5S2. The van der Waals surface area contributed by atoms with Gasteiger partial charge in [-0.25, -0.2) is 26.7 Å². The second-order valence-corrected chi connectivity index (χ2v) is 9.64. The summed E-state index contributed by atoms with van der Waals surface area (Å²) in [6.07, 6.45) is 0. The van der Waals surface area contributed by atoms with Gasteiger partial charge < -0.3 is 4.74 Å². The number of nitrogens with two attached hydrogens (primary N) is 1. The molecule has 0 aromatic heterocycles.